The number of nitrogen functional groups attached to an aromatic ring is 1. The molecule has 0 heterocycles. The van der Waals surface area contributed by atoms with Crippen molar-refractivity contribution in [1.82, 2.24) is 5.32 Å². The average Bonchev–Trinajstić information content (AvgIpc) is 2.39. The van der Waals surface area contributed by atoms with E-state index in [4.69, 9.17) is 5.73 Å². The van der Waals surface area contributed by atoms with Gasteiger partial charge in [-0.15, -0.1) is 0 Å². The summed E-state index contributed by atoms with van der Waals surface area (Å²) in [6.07, 6.45) is 0. The maximum Gasteiger partial charge on any atom is 0.253 e. The van der Waals surface area contributed by atoms with Crippen molar-refractivity contribution in [2.24, 2.45) is 0 Å². The average molecular weight is 276 g/mol. The molecule has 1 amide bonds. The fourth-order valence-corrected chi connectivity index (χ4v) is 1.85. The van der Waals surface area contributed by atoms with E-state index in [2.05, 4.69) is 5.32 Å². The first-order valence-electron chi connectivity index (χ1n) is 6.08. The quantitative estimate of drug-likeness (QED) is 0.847. The standard InChI is InChI=1S/C15H14F2N2O/c1-9(10-2-4-11(16)5-3-10)19-15(20)13-7-6-12(17)8-14(13)18/h2-9H,18H2,1H3,(H,19,20). The third-order valence-corrected chi connectivity index (χ3v) is 2.98. The van der Waals surface area contributed by atoms with Crippen LogP contribution in [0.3, 0.4) is 0 Å². The topological polar surface area (TPSA) is 55.1 Å². The summed E-state index contributed by atoms with van der Waals surface area (Å²) in [5.41, 5.74) is 6.66. The third kappa shape index (κ3) is 3.12. The summed E-state index contributed by atoms with van der Waals surface area (Å²) in [5.74, 6) is -1.24. The summed E-state index contributed by atoms with van der Waals surface area (Å²) >= 11 is 0. The van der Waals surface area contributed by atoms with Crippen molar-refractivity contribution < 1.29 is 13.6 Å². The van der Waals surface area contributed by atoms with Crippen LogP contribution in [0, 0.1) is 11.6 Å². The summed E-state index contributed by atoms with van der Waals surface area (Å²) in [6, 6.07) is 9.12. The minimum atomic E-state index is -0.495. The smallest absolute Gasteiger partial charge is 0.253 e. The molecule has 104 valence electrons. The Bertz CT molecular complexity index is 626. The van der Waals surface area contributed by atoms with E-state index in [-0.39, 0.29) is 23.1 Å². The van der Waals surface area contributed by atoms with Crippen molar-refractivity contribution in [1.29, 1.82) is 0 Å². The monoisotopic (exact) mass is 276 g/mol. The van der Waals surface area contributed by atoms with E-state index >= 15 is 0 Å². The molecule has 0 aliphatic carbocycles. The minimum absolute atomic E-state index is 0.0776. The molecular weight excluding hydrogens is 262 g/mol. The van der Waals surface area contributed by atoms with E-state index in [9.17, 15) is 13.6 Å². The molecule has 0 aliphatic rings. The van der Waals surface area contributed by atoms with Crippen molar-refractivity contribution >= 4 is 11.6 Å². The van der Waals surface area contributed by atoms with Crippen molar-refractivity contribution in [3.63, 3.8) is 0 Å². The van der Waals surface area contributed by atoms with Crippen molar-refractivity contribution in [3.8, 4) is 0 Å². The van der Waals surface area contributed by atoms with Gasteiger partial charge >= 0.3 is 0 Å². The van der Waals surface area contributed by atoms with Crippen molar-refractivity contribution in [3.05, 3.63) is 65.2 Å². The second-order valence-corrected chi connectivity index (χ2v) is 4.48. The Morgan fingerprint density at radius 3 is 2.30 bits per heavy atom. The molecule has 3 nitrogen and oxygen atoms in total. The number of carbonyl (C=O) groups excluding carboxylic acids is 1. The first-order valence-corrected chi connectivity index (χ1v) is 6.08. The van der Waals surface area contributed by atoms with Crippen LogP contribution in [-0.4, -0.2) is 5.91 Å². The van der Waals surface area contributed by atoms with Gasteiger partial charge in [-0.1, -0.05) is 12.1 Å². The summed E-state index contributed by atoms with van der Waals surface area (Å²) < 4.78 is 25.8. The number of halogens is 2. The summed E-state index contributed by atoms with van der Waals surface area (Å²) in [6.45, 7) is 1.77. The number of benzene rings is 2. The number of amides is 1. The summed E-state index contributed by atoms with van der Waals surface area (Å²) in [4.78, 5) is 12.0. The maximum atomic E-state index is 12.9. The van der Waals surface area contributed by atoms with Gasteiger partial charge in [-0.25, -0.2) is 8.78 Å². The molecule has 0 saturated carbocycles. The molecule has 20 heavy (non-hydrogen) atoms. The first-order chi connectivity index (χ1) is 9.47. The molecule has 2 rings (SSSR count). The minimum Gasteiger partial charge on any atom is -0.398 e. The molecule has 0 fully saturated rings. The van der Waals surface area contributed by atoms with Crippen LogP contribution < -0.4 is 11.1 Å². The van der Waals surface area contributed by atoms with Crippen LogP contribution >= 0.6 is 0 Å². The summed E-state index contributed by atoms with van der Waals surface area (Å²) in [7, 11) is 0. The molecule has 3 N–H and O–H groups in total. The Morgan fingerprint density at radius 1 is 1.10 bits per heavy atom. The highest BCUT2D eigenvalue weighted by molar-refractivity contribution is 5.99. The van der Waals surface area contributed by atoms with Gasteiger partial charge in [0.2, 0.25) is 0 Å². The van der Waals surface area contributed by atoms with Crippen LogP contribution in [0.15, 0.2) is 42.5 Å². The molecule has 0 radical (unpaired) electrons. The number of anilines is 1. The van der Waals surface area contributed by atoms with Crippen LogP contribution in [0.2, 0.25) is 0 Å². The molecule has 5 heteroatoms. The van der Waals surface area contributed by atoms with Gasteiger partial charge in [0.25, 0.3) is 5.91 Å². The lowest BCUT2D eigenvalue weighted by Crippen LogP contribution is -2.27. The largest absolute Gasteiger partial charge is 0.398 e. The fourth-order valence-electron chi connectivity index (χ4n) is 1.85. The van der Waals surface area contributed by atoms with Gasteiger partial charge in [0.1, 0.15) is 11.6 Å². The third-order valence-electron chi connectivity index (χ3n) is 2.98. The zero-order valence-corrected chi connectivity index (χ0v) is 10.9. The molecular formula is C15H14F2N2O. The Morgan fingerprint density at radius 2 is 1.70 bits per heavy atom. The molecule has 1 atom stereocenters. The van der Waals surface area contributed by atoms with Crippen LogP contribution in [0.25, 0.3) is 0 Å². The van der Waals surface area contributed by atoms with Crippen molar-refractivity contribution in [2.45, 2.75) is 13.0 Å². The number of carbonyl (C=O) groups is 1. The van der Waals surface area contributed by atoms with Gasteiger partial charge in [0.05, 0.1) is 11.6 Å². The second kappa shape index (κ2) is 5.69. The SMILES string of the molecule is CC(NC(=O)c1ccc(F)cc1N)c1ccc(F)cc1. The number of hydrogen-bond donors (Lipinski definition) is 2. The lowest BCUT2D eigenvalue weighted by Gasteiger charge is -2.15. The molecule has 2 aromatic carbocycles. The zero-order chi connectivity index (χ0) is 14.7. The molecule has 0 aromatic heterocycles. The lowest BCUT2D eigenvalue weighted by molar-refractivity contribution is 0.0941. The highest BCUT2D eigenvalue weighted by Gasteiger charge is 2.14. The van der Waals surface area contributed by atoms with E-state index in [1.807, 2.05) is 0 Å². The van der Waals surface area contributed by atoms with E-state index in [0.717, 1.165) is 11.6 Å². The van der Waals surface area contributed by atoms with E-state index in [0.29, 0.717) is 0 Å². The van der Waals surface area contributed by atoms with Gasteiger partial charge in [0, 0.05) is 5.69 Å². The first kappa shape index (κ1) is 14.0. The molecule has 2 aromatic rings. The highest BCUT2D eigenvalue weighted by Crippen LogP contribution is 2.17. The Kier molecular flexibility index (Phi) is 3.98. The Balaban J connectivity index is 2.13. The van der Waals surface area contributed by atoms with E-state index in [1.165, 1.54) is 24.3 Å². The lowest BCUT2D eigenvalue weighted by atomic mass is 10.1. The molecule has 0 aliphatic heterocycles. The molecule has 1 unspecified atom stereocenters. The predicted molar refractivity (Wildman–Crippen MR) is 73.1 cm³/mol. The molecule has 0 bridgehead atoms. The normalized spacial score (nSPS) is 11.9. The van der Waals surface area contributed by atoms with Crippen LogP contribution in [0.1, 0.15) is 28.9 Å². The van der Waals surface area contributed by atoms with Crippen LogP contribution in [-0.2, 0) is 0 Å². The van der Waals surface area contributed by atoms with Crippen molar-refractivity contribution in [2.75, 3.05) is 5.73 Å². The number of rotatable bonds is 3. The maximum absolute atomic E-state index is 12.9. The van der Waals surface area contributed by atoms with Gasteiger partial charge in [-0.2, -0.15) is 0 Å². The zero-order valence-electron chi connectivity index (χ0n) is 10.9. The van der Waals surface area contributed by atoms with Gasteiger partial charge in [-0.3, -0.25) is 4.79 Å². The van der Waals surface area contributed by atoms with Crippen LogP contribution in [0.5, 0.6) is 0 Å². The van der Waals surface area contributed by atoms with Gasteiger partial charge < -0.3 is 11.1 Å². The second-order valence-electron chi connectivity index (χ2n) is 4.48. The number of nitrogens with one attached hydrogen (secondary N) is 1. The Labute approximate surface area is 115 Å². The fraction of sp³-hybridized carbons (Fsp3) is 0.133. The number of nitrogens with two attached hydrogens (primary N) is 1. The molecule has 0 spiro atoms. The van der Waals surface area contributed by atoms with Gasteiger partial charge in [0.15, 0.2) is 0 Å². The molecule has 0 saturated heterocycles. The highest BCUT2D eigenvalue weighted by atomic mass is 19.1. The number of hydrogen-bond acceptors (Lipinski definition) is 2. The summed E-state index contributed by atoms with van der Waals surface area (Å²) in [5, 5.41) is 2.73. The van der Waals surface area contributed by atoms with Crippen LogP contribution in [0.4, 0.5) is 14.5 Å². The Hall–Kier alpha value is -2.43. The van der Waals surface area contributed by atoms with E-state index in [1.54, 1.807) is 19.1 Å². The predicted octanol–water partition coefficient (Wildman–Crippen LogP) is 3.04. The van der Waals surface area contributed by atoms with Gasteiger partial charge in [-0.05, 0) is 42.8 Å². The van der Waals surface area contributed by atoms with E-state index < -0.39 is 11.7 Å².